The molecule has 0 aliphatic heterocycles. The molecule has 0 radical (unpaired) electrons. The smallest absolute Gasteiger partial charge is 0.416 e. The number of non-ortho nitro benzene ring substituents is 1. The van der Waals surface area contributed by atoms with Crippen LogP contribution in [0.5, 0.6) is 0 Å². The van der Waals surface area contributed by atoms with Crippen LogP contribution in [0.4, 0.5) is 24.5 Å². The number of anilines is 1. The molecule has 1 atom stereocenters. The highest BCUT2D eigenvalue weighted by atomic mass is 19.4. The molecule has 164 valence electrons. The van der Waals surface area contributed by atoms with Crippen LogP contribution in [0.1, 0.15) is 22.8 Å². The van der Waals surface area contributed by atoms with Crippen molar-refractivity contribution in [2.75, 3.05) is 11.9 Å². The van der Waals surface area contributed by atoms with Crippen LogP contribution >= 0.6 is 0 Å². The third kappa shape index (κ3) is 6.80. The van der Waals surface area contributed by atoms with Crippen LogP contribution in [-0.2, 0) is 20.5 Å². The van der Waals surface area contributed by atoms with Crippen molar-refractivity contribution in [2.45, 2.75) is 19.2 Å². The Balaban J connectivity index is 1.84. The van der Waals surface area contributed by atoms with Gasteiger partial charge in [-0.3, -0.25) is 24.5 Å². The van der Waals surface area contributed by atoms with Gasteiger partial charge in [-0.2, -0.15) is 13.2 Å². The summed E-state index contributed by atoms with van der Waals surface area (Å²) in [7, 11) is 0. The fourth-order valence-corrected chi connectivity index (χ4v) is 2.30. The summed E-state index contributed by atoms with van der Waals surface area (Å²) in [5.41, 5.74) is -1.14. The number of nitro groups is 1. The molecule has 2 aromatic carbocycles. The molecule has 9 nitrogen and oxygen atoms in total. The molecule has 0 saturated carbocycles. The van der Waals surface area contributed by atoms with Gasteiger partial charge in [0.1, 0.15) is 6.54 Å². The second-order valence-electron chi connectivity index (χ2n) is 6.19. The van der Waals surface area contributed by atoms with E-state index in [1.165, 1.54) is 25.1 Å². The average Bonchev–Trinajstić information content (AvgIpc) is 2.71. The van der Waals surface area contributed by atoms with Crippen LogP contribution in [0.2, 0.25) is 0 Å². The number of hydrogen-bond acceptors (Lipinski definition) is 6. The summed E-state index contributed by atoms with van der Waals surface area (Å²) in [5, 5.41) is 15.3. The van der Waals surface area contributed by atoms with Crippen molar-refractivity contribution in [3.8, 4) is 0 Å². The van der Waals surface area contributed by atoms with Crippen LogP contribution in [0.3, 0.4) is 0 Å². The lowest BCUT2D eigenvalue weighted by molar-refractivity contribution is -0.384. The Labute approximate surface area is 173 Å². The average molecular weight is 439 g/mol. The molecule has 0 aromatic heterocycles. The number of rotatable bonds is 7. The van der Waals surface area contributed by atoms with E-state index >= 15 is 0 Å². The van der Waals surface area contributed by atoms with E-state index in [0.29, 0.717) is 0 Å². The van der Waals surface area contributed by atoms with E-state index in [4.69, 9.17) is 4.74 Å². The molecule has 0 heterocycles. The van der Waals surface area contributed by atoms with Gasteiger partial charge in [-0.25, -0.2) is 0 Å². The summed E-state index contributed by atoms with van der Waals surface area (Å²) in [6, 6.07) is 8.50. The molecule has 0 bridgehead atoms. The third-order valence-electron chi connectivity index (χ3n) is 3.87. The van der Waals surface area contributed by atoms with Gasteiger partial charge in [0, 0.05) is 23.4 Å². The van der Waals surface area contributed by atoms with Gasteiger partial charge in [-0.1, -0.05) is 6.07 Å². The van der Waals surface area contributed by atoms with E-state index in [1.807, 2.05) is 0 Å². The molecule has 2 aromatic rings. The molecule has 0 fully saturated rings. The number of benzene rings is 2. The first-order valence-corrected chi connectivity index (χ1v) is 8.67. The second-order valence-corrected chi connectivity index (χ2v) is 6.19. The van der Waals surface area contributed by atoms with E-state index in [1.54, 1.807) is 0 Å². The minimum atomic E-state index is -4.54. The number of amides is 2. The molecule has 1 unspecified atom stereocenters. The van der Waals surface area contributed by atoms with Gasteiger partial charge in [-0.05, 0) is 37.3 Å². The van der Waals surface area contributed by atoms with Crippen molar-refractivity contribution < 1.29 is 37.2 Å². The number of nitro benzene ring substituents is 1. The highest BCUT2D eigenvalue weighted by molar-refractivity contribution is 5.97. The summed E-state index contributed by atoms with van der Waals surface area (Å²) in [6.07, 6.45) is -5.82. The molecule has 0 aliphatic rings. The zero-order valence-electron chi connectivity index (χ0n) is 15.9. The molecule has 0 saturated heterocycles. The lowest BCUT2D eigenvalue weighted by atomic mass is 10.1. The number of nitrogens with one attached hydrogen (secondary N) is 2. The maximum atomic E-state index is 12.5. The maximum Gasteiger partial charge on any atom is 0.416 e. The first kappa shape index (κ1) is 23.3. The number of esters is 1. The lowest BCUT2D eigenvalue weighted by Gasteiger charge is -2.14. The molecule has 31 heavy (non-hydrogen) atoms. The summed E-state index contributed by atoms with van der Waals surface area (Å²) in [6.45, 7) is 0.622. The van der Waals surface area contributed by atoms with Crippen molar-refractivity contribution in [2.24, 2.45) is 0 Å². The van der Waals surface area contributed by atoms with Gasteiger partial charge in [0.05, 0.1) is 10.5 Å². The zero-order chi connectivity index (χ0) is 23.2. The van der Waals surface area contributed by atoms with Gasteiger partial charge in [0.15, 0.2) is 6.10 Å². The minimum absolute atomic E-state index is 0.0998. The Morgan fingerprint density at radius 2 is 1.77 bits per heavy atom. The van der Waals surface area contributed by atoms with Crippen LogP contribution in [0, 0.1) is 10.1 Å². The third-order valence-corrected chi connectivity index (χ3v) is 3.87. The number of carbonyl (C=O) groups is 3. The molecule has 2 N–H and O–H groups in total. The van der Waals surface area contributed by atoms with Crippen LogP contribution < -0.4 is 10.6 Å². The molecule has 12 heteroatoms. The van der Waals surface area contributed by atoms with Gasteiger partial charge >= 0.3 is 12.1 Å². The summed E-state index contributed by atoms with van der Waals surface area (Å²) in [5.74, 6) is -2.54. The SMILES string of the molecule is CC(OC(=O)CNC(=O)c1ccc(C(F)(F)F)cc1)C(=O)Nc1cccc([N+](=O)[O-])c1. The topological polar surface area (TPSA) is 128 Å². The zero-order valence-corrected chi connectivity index (χ0v) is 15.9. The maximum absolute atomic E-state index is 12.5. The van der Waals surface area contributed by atoms with E-state index < -0.39 is 47.1 Å². The Bertz CT molecular complexity index is 992. The summed E-state index contributed by atoms with van der Waals surface area (Å²) < 4.78 is 42.5. The predicted molar refractivity (Wildman–Crippen MR) is 101 cm³/mol. The van der Waals surface area contributed by atoms with Gasteiger partial charge < -0.3 is 15.4 Å². The standard InChI is InChI=1S/C19H16F3N3O6/c1-11(17(27)24-14-3-2-4-15(9-14)25(29)30)31-16(26)10-23-18(28)12-5-7-13(8-6-12)19(20,21)22/h2-9,11H,10H2,1H3,(H,23,28)(H,24,27). The molecule has 0 aliphatic carbocycles. The van der Waals surface area contributed by atoms with Gasteiger partial charge in [0.25, 0.3) is 17.5 Å². The fraction of sp³-hybridized carbons (Fsp3) is 0.211. The van der Waals surface area contributed by atoms with Crippen molar-refractivity contribution in [3.05, 3.63) is 69.8 Å². The first-order valence-electron chi connectivity index (χ1n) is 8.67. The van der Waals surface area contributed by atoms with E-state index in [9.17, 15) is 37.7 Å². The minimum Gasteiger partial charge on any atom is -0.451 e. The van der Waals surface area contributed by atoms with Crippen LogP contribution in [0.15, 0.2) is 48.5 Å². The van der Waals surface area contributed by atoms with Crippen molar-refractivity contribution >= 4 is 29.2 Å². The largest absolute Gasteiger partial charge is 0.451 e. The summed E-state index contributed by atoms with van der Waals surface area (Å²) >= 11 is 0. The highest BCUT2D eigenvalue weighted by Crippen LogP contribution is 2.29. The summed E-state index contributed by atoms with van der Waals surface area (Å²) in [4.78, 5) is 45.9. The number of halogens is 3. The molecular formula is C19H16F3N3O6. The Morgan fingerprint density at radius 1 is 1.13 bits per heavy atom. The van der Waals surface area contributed by atoms with E-state index in [2.05, 4.69) is 10.6 Å². The molecule has 2 amide bonds. The molecule has 0 spiro atoms. The highest BCUT2D eigenvalue weighted by Gasteiger charge is 2.30. The normalized spacial score (nSPS) is 11.9. The number of nitrogens with zero attached hydrogens (tertiary/aromatic N) is 1. The number of carbonyl (C=O) groups excluding carboxylic acids is 3. The second kappa shape index (κ2) is 9.69. The quantitative estimate of drug-likeness (QED) is 0.388. The number of ether oxygens (including phenoxy) is 1. The van der Waals surface area contributed by atoms with Gasteiger partial charge in [-0.15, -0.1) is 0 Å². The fourth-order valence-electron chi connectivity index (χ4n) is 2.30. The van der Waals surface area contributed by atoms with Crippen LogP contribution in [0.25, 0.3) is 0 Å². The lowest BCUT2D eigenvalue weighted by Crippen LogP contribution is -2.35. The number of hydrogen-bond donors (Lipinski definition) is 2. The predicted octanol–water partition coefficient (Wildman–Crippen LogP) is 2.91. The monoisotopic (exact) mass is 439 g/mol. The Kier molecular flexibility index (Phi) is 7.29. The molecular weight excluding hydrogens is 423 g/mol. The van der Waals surface area contributed by atoms with Crippen LogP contribution in [-0.4, -0.2) is 35.4 Å². The molecule has 2 rings (SSSR count). The Hall–Kier alpha value is -3.96. The van der Waals surface area contributed by atoms with Gasteiger partial charge in [0.2, 0.25) is 0 Å². The van der Waals surface area contributed by atoms with E-state index in [0.717, 1.165) is 30.3 Å². The van der Waals surface area contributed by atoms with Crippen molar-refractivity contribution in [1.82, 2.24) is 5.32 Å². The van der Waals surface area contributed by atoms with Crippen molar-refractivity contribution in [1.29, 1.82) is 0 Å². The number of alkyl halides is 3. The van der Waals surface area contributed by atoms with Crippen molar-refractivity contribution in [3.63, 3.8) is 0 Å². The Morgan fingerprint density at radius 3 is 2.35 bits per heavy atom. The first-order chi connectivity index (χ1) is 14.5. The van der Waals surface area contributed by atoms with E-state index in [-0.39, 0.29) is 16.9 Å².